The Morgan fingerprint density at radius 3 is 2.36 bits per heavy atom. The summed E-state index contributed by atoms with van der Waals surface area (Å²) in [6.45, 7) is 1.12. The van der Waals surface area contributed by atoms with Crippen molar-refractivity contribution in [1.29, 1.82) is 0 Å². The standard InChI is InChI=1S/C17H18Cl2N2O/c18-15-6-3-4-13(12-15)8-10-20-17(22)21-11-9-14-5-1-2-7-16(14)19/h1-7,12H,8-11H2,(H2,20,21,22). The molecule has 0 spiro atoms. The molecule has 0 aliphatic heterocycles. The van der Waals surface area contributed by atoms with E-state index in [0.717, 1.165) is 22.6 Å². The molecule has 2 aromatic carbocycles. The zero-order chi connectivity index (χ0) is 15.8. The van der Waals surface area contributed by atoms with Crippen molar-refractivity contribution in [3.8, 4) is 0 Å². The molecule has 0 heterocycles. The van der Waals surface area contributed by atoms with E-state index >= 15 is 0 Å². The Hall–Kier alpha value is -1.71. The molecule has 0 aromatic heterocycles. The second-order valence-electron chi connectivity index (χ2n) is 4.90. The summed E-state index contributed by atoms with van der Waals surface area (Å²) in [5.74, 6) is 0. The van der Waals surface area contributed by atoms with Gasteiger partial charge in [-0.15, -0.1) is 0 Å². The lowest BCUT2D eigenvalue weighted by molar-refractivity contribution is 0.241. The van der Waals surface area contributed by atoms with Crippen molar-refractivity contribution in [2.45, 2.75) is 12.8 Å². The van der Waals surface area contributed by atoms with Gasteiger partial charge in [0, 0.05) is 23.1 Å². The van der Waals surface area contributed by atoms with Gasteiger partial charge in [-0.25, -0.2) is 4.79 Å². The number of nitrogens with one attached hydrogen (secondary N) is 2. The topological polar surface area (TPSA) is 41.1 Å². The van der Waals surface area contributed by atoms with Crippen LogP contribution in [0.4, 0.5) is 4.79 Å². The van der Waals surface area contributed by atoms with Crippen LogP contribution in [0.15, 0.2) is 48.5 Å². The van der Waals surface area contributed by atoms with Crippen LogP contribution in [0.1, 0.15) is 11.1 Å². The largest absolute Gasteiger partial charge is 0.338 e. The molecular formula is C17H18Cl2N2O. The molecule has 0 bridgehead atoms. The first-order valence-electron chi connectivity index (χ1n) is 7.15. The predicted molar refractivity (Wildman–Crippen MR) is 91.7 cm³/mol. The maximum Gasteiger partial charge on any atom is 0.314 e. The van der Waals surface area contributed by atoms with Crippen LogP contribution in [-0.4, -0.2) is 19.1 Å². The Kier molecular flexibility index (Phi) is 6.56. The second kappa shape index (κ2) is 8.66. The van der Waals surface area contributed by atoms with Crippen molar-refractivity contribution < 1.29 is 4.79 Å². The maximum atomic E-state index is 11.7. The highest BCUT2D eigenvalue weighted by Gasteiger charge is 2.02. The number of rotatable bonds is 6. The normalized spacial score (nSPS) is 10.3. The van der Waals surface area contributed by atoms with E-state index in [4.69, 9.17) is 23.2 Å². The summed E-state index contributed by atoms with van der Waals surface area (Å²) in [4.78, 5) is 11.7. The Morgan fingerprint density at radius 1 is 0.909 bits per heavy atom. The molecule has 3 nitrogen and oxygen atoms in total. The lowest BCUT2D eigenvalue weighted by atomic mass is 10.1. The van der Waals surface area contributed by atoms with E-state index in [9.17, 15) is 4.79 Å². The van der Waals surface area contributed by atoms with E-state index in [1.54, 1.807) is 0 Å². The molecule has 0 aliphatic carbocycles. The number of hydrogen-bond donors (Lipinski definition) is 2. The van der Waals surface area contributed by atoms with Gasteiger partial charge in [0.15, 0.2) is 0 Å². The summed E-state index contributed by atoms with van der Waals surface area (Å²) in [7, 11) is 0. The maximum absolute atomic E-state index is 11.7. The number of hydrogen-bond acceptors (Lipinski definition) is 1. The van der Waals surface area contributed by atoms with Crippen molar-refractivity contribution in [2.24, 2.45) is 0 Å². The zero-order valence-corrected chi connectivity index (χ0v) is 13.6. The third kappa shape index (κ3) is 5.58. The van der Waals surface area contributed by atoms with Crippen LogP contribution >= 0.6 is 23.2 Å². The summed E-state index contributed by atoms with van der Waals surface area (Å²) < 4.78 is 0. The molecule has 2 rings (SSSR count). The summed E-state index contributed by atoms with van der Waals surface area (Å²) >= 11 is 12.0. The highest BCUT2D eigenvalue weighted by Crippen LogP contribution is 2.14. The molecule has 5 heteroatoms. The van der Waals surface area contributed by atoms with E-state index in [0.29, 0.717) is 24.5 Å². The molecule has 2 amide bonds. The molecule has 22 heavy (non-hydrogen) atoms. The molecular weight excluding hydrogens is 319 g/mol. The fourth-order valence-electron chi connectivity index (χ4n) is 2.09. The third-order valence-electron chi connectivity index (χ3n) is 3.23. The first-order valence-corrected chi connectivity index (χ1v) is 7.90. The van der Waals surface area contributed by atoms with Crippen LogP contribution in [0.5, 0.6) is 0 Å². The summed E-state index contributed by atoms with van der Waals surface area (Å²) in [6, 6.07) is 15.1. The molecule has 0 atom stereocenters. The van der Waals surface area contributed by atoms with Gasteiger partial charge in [0.25, 0.3) is 0 Å². The van der Waals surface area contributed by atoms with Crippen molar-refractivity contribution in [3.05, 3.63) is 69.7 Å². The monoisotopic (exact) mass is 336 g/mol. The first kappa shape index (κ1) is 16.7. The number of amides is 2. The highest BCUT2D eigenvalue weighted by molar-refractivity contribution is 6.31. The van der Waals surface area contributed by atoms with E-state index in [1.807, 2.05) is 48.5 Å². The van der Waals surface area contributed by atoms with Gasteiger partial charge in [0.1, 0.15) is 0 Å². The smallest absolute Gasteiger partial charge is 0.314 e. The van der Waals surface area contributed by atoms with E-state index in [1.165, 1.54) is 0 Å². The minimum Gasteiger partial charge on any atom is -0.338 e. The van der Waals surface area contributed by atoms with Crippen LogP contribution in [-0.2, 0) is 12.8 Å². The van der Waals surface area contributed by atoms with Gasteiger partial charge in [-0.05, 0) is 42.2 Å². The number of benzene rings is 2. The molecule has 0 aliphatic rings. The van der Waals surface area contributed by atoms with E-state index < -0.39 is 0 Å². The summed E-state index contributed by atoms with van der Waals surface area (Å²) in [5.41, 5.74) is 2.13. The minimum absolute atomic E-state index is 0.172. The minimum atomic E-state index is -0.172. The van der Waals surface area contributed by atoms with Crippen LogP contribution in [0.2, 0.25) is 10.0 Å². The van der Waals surface area contributed by atoms with Gasteiger partial charge in [0.2, 0.25) is 0 Å². The van der Waals surface area contributed by atoms with Crippen LogP contribution in [0.25, 0.3) is 0 Å². The van der Waals surface area contributed by atoms with Crippen LogP contribution in [0, 0.1) is 0 Å². The molecule has 0 saturated heterocycles. The SMILES string of the molecule is O=C(NCCc1cccc(Cl)c1)NCCc1ccccc1Cl. The average Bonchev–Trinajstić information content (AvgIpc) is 2.49. The van der Waals surface area contributed by atoms with Crippen molar-refractivity contribution in [3.63, 3.8) is 0 Å². The lowest BCUT2D eigenvalue weighted by Crippen LogP contribution is -2.37. The number of halogens is 2. The van der Waals surface area contributed by atoms with Gasteiger partial charge in [-0.1, -0.05) is 53.5 Å². The molecule has 0 fully saturated rings. The number of urea groups is 1. The van der Waals surface area contributed by atoms with Gasteiger partial charge in [-0.2, -0.15) is 0 Å². The summed E-state index contributed by atoms with van der Waals surface area (Å²) in [5, 5.41) is 7.08. The average molecular weight is 337 g/mol. The van der Waals surface area contributed by atoms with Crippen molar-refractivity contribution >= 4 is 29.2 Å². The quantitative estimate of drug-likeness (QED) is 0.819. The Labute approximate surface area is 140 Å². The fraction of sp³-hybridized carbons (Fsp3) is 0.235. The van der Waals surface area contributed by atoms with Gasteiger partial charge in [0.05, 0.1) is 0 Å². The van der Waals surface area contributed by atoms with E-state index in [-0.39, 0.29) is 6.03 Å². The fourth-order valence-corrected chi connectivity index (χ4v) is 2.53. The Bertz CT molecular complexity index is 632. The van der Waals surface area contributed by atoms with Gasteiger partial charge < -0.3 is 10.6 Å². The predicted octanol–water partition coefficient (Wildman–Crippen LogP) is 4.08. The van der Waals surface area contributed by atoms with Gasteiger partial charge in [-0.3, -0.25) is 0 Å². The molecule has 0 unspecified atom stereocenters. The second-order valence-corrected chi connectivity index (χ2v) is 5.75. The number of carbonyl (C=O) groups excluding carboxylic acids is 1. The number of carbonyl (C=O) groups is 1. The molecule has 0 radical (unpaired) electrons. The van der Waals surface area contributed by atoms with Crippen LogP contribution in [0.3, 0.4) is 0 Å². The third-order valence-corrected chi connectivity index (χ3v) is 3.83. The van der Waals surface area contributed by atoms with Crippen molar-refractivity contribution in [2.75, 3.05) is 13.1 Å². The Morgan fingerprint density at radius 2 is 1.64 bits per heavy atom. The lowest BCUT2D eigenvalue weighted by Gasteiger charge is -2.08. The van der Waals surface area contributed by atoms with Crippen LogP contribution < -0.4 is 10.6 Å². The molecule has 0 saturated carbocycles. The van der Waals surface area contributed by atoms with Crippen molar-refractivity contribution in [1.82, 2.24) is 10.6 Å². The molecule has 2 aromatic rings. The van der Waals surface area contributed by atoms with Gasteiger partial charge >= 0.3 is 6.03 Å². The zero-order valence-electron chi connectivity index (χ0n) is 12.1. The van der Waals surface area contributed by atoms with E-state index in [2.05, 4.69) is 10.6 Å². The summed E-state index contributed by atoms with van der Waals surface area (Å²) in [6.07, 6.45) is 1.46. The Balaban J connectivity index is 1.65. The molecule has 116 valence electrons. The molecule has 2 N–H and O–H groups in total. The first-order chi connectivity index (χ1) is 10.6. The highest BCUT2D eigenvalue weighted by atomic mass is 35.5.